The molecule has 0 fully saturated rings. The summed E-state index contributed by atoms with van der Waals surface area (Å²) in [4.78, 5) is 0. The summed E-state index contributed by atoms with van der Waals surface area (Å²) in [5.74, 6) is 0. The van der Waals surface area contributed by atoms with Crippen molar-refractivity contribution < 1.29 is 41.2 Å². The van der Waals surface area contributed by atoms with Crippen LogP contribution >= 0.6 is 0 Å². The summed E-state index contributed by atoms with van der Waals surface area (Å²) in [6.45, 7) is -0.250. The molecule has 0 atom stereocenters. The van der Waals surface area contributed by atoms with Crippen molar-refractivity contribution in [3.05, 3.63) is 0 Å². The Labute approximate surface area is 67.3 Å². The minimum absolute atomic E-state index is 0. The van der Waals surface area contributed by atoms with Crippen LogP contribution in [0, 0.1) is 12.8 Å². The first-order valence-electron chi connectivity index (χ1n) is 1.47. The van der Waals surface area contributed by atoms with Gasteiger partial charge in [0.1, 0.15) is 0 Å². The van der Waals surface area contributed by atoms with Crippen molar-refractivity contribution in [2.75, 3.05) is 13.2 Å². The molecule has 0 radical (unpaired) electrons. The second-order valence-electron chi connectivity index (χ2n) is 0.447. The molecule has 0 aliphatic rings. The van der Waals surface area contributed by atoms with Crippen LogP contribution in [0.15, 0.2) is 0 Å². The van der Waals surface area contributed by atoms with Gasteiger partial charge in [-0.05, 0) is 0 Å². The maximum atomic E-state index is 7.62. The summed E-state index contributed by atoms with van der Waals surface area (Å²) in [5, 5.41) is 15.2. The molecule has 2 nitrogen and oxygen atoms in total. The van der Waals surface area contributed by atoms with Crippen molar-refractivity contribution in [3.63, 3.8) is 0 Å². The largest absolute Gasteiger partial charge is 1.00 e. The van der Waals surface area contributed by atoms with E-state index in [1.165, 1.54) is 0 Å². The van der Waals surface area contributed by atoms with Gasteiger partial charge in [-0.1, -0.05) is 0 Å². The molecule has 0 saturated carbocycles. The van der Waals surface area contributed by atoms with Crippen LogP contribution in [0.2, 0.25) is 0 Å². The Balaban J connectivity index is -0.0000000183. The Morgan fingerprint density at radius 2 is 1.29 bits per heavy atom. The molecule has 0 aromatic carbocycles. The van der Waals surface area contributed by atoms with Crippen LogP contribution in [0.25, 0.3) is 0 Å². The molecule has 0 amide bonds. The Morgan fingerprint density at radius 3 is 1.29 bits per heavy atom. The van der Waals surface area contributed by atoms with Gasteiger partial charge in [-0.15, -0.1) is 12.8 Å². The predicted octanol–water partition coefficient (Wildman–Crippen LogP) is -3.66. The summed E-state index contributed by atoms with van der Waals surface area (Å²) in [7, 11) is 0. The minimum Gasteiger partial charge on any atom is -1.00 e. The molecule has 0 aromatic rings. The molecule has 0 unspecified atom stereocenters. The topological polar surface area (TPSA) is 40.5 Å². The smallest absolute Gasteiger partial charge is 1.00 e. The summed E-state index contributed by atoms with van der Waals surface area (Å²) < 4.78 is 0. The van der Waals surface area contributed by atoms with Crippen LogP contribution < -0.4 is 29.6 Å². The average Bonchev–Trinajstić information content (AvgIpc) is 1.72. The van der Waals surface area contributed by atoms with Gasteiger partial charge in [0.25, 0.3) is 0 Å². The second-order valence-corrected chi connectivity index (χ2v) is 0.447. The Morgan fingerprint density at radius 1 is 1.14 bits per heavy atom. The normalized spacial score (nSPS) is 4.57. The number of aliphatic hydroxyl groups excluding tert-OH is 2. The van der Waals surface area contributed by atoms with E-state index in [1.54, 1.807) is 0 Å². The van der Waals surface area contributed by atoms with E-state index in [9.17, 15) is 0 Å². The summed E-state index contributed by atoms with van der Waals surface area (Å²) in [6.07, 6.45) is 8.00. The van der Waals surface area contributed by atoms with E-state index in [0.717, 1.165) is 0 Å². The zero-order chi connectivity index (χ0) is 5.41. The molecule has 7 heavy (non-hydrogen) atoms. The molecule has 0 bridgehead atoms. The molecule has 3 heteroatoms. The van der Waals surface area contributed by atoms with E-state index in [1.807, 2.05) is 0 Å². The third-order valence-corrected chi connectivity index (χ3v) is 0.1000. The number of aliphatic hydroxyl groups is 2. The molecule has 2 N–H and O–H groups in total. The van der Waals surface area contributed by atoms with E-state index in [0.29, 0.717) is 0 Å². The molecule has 0 aliphatic carbocycles. The van der Waals surface area contributed by atoms with Crippen molar-refractivity contribution in [1.82, 2.24) is 0 Å². The first-order valence-corrected chi connectivity index (χ1v) is 1.47. The molecule has 0 heterocycles. The molecule has 0 saturated heterocycles. The van der Waals surface area contributed by atoms with E-state index in [4.69, 9.17) is 10.2 Å². The average molecular weight is 112 g/mol. The van der Waals surface area contributed by atoms with Crippen LogP contribution in [0.5, 0.6) is 0 Å². The molecule has 0 rings (SSSR count). The van der Waals surface area contributed by atoms with Gasteiger partial charge in [-0.2, -0.15) is 0 Å². The van der Waals surface area contributed by atoms with Crippen LogP contribution in [0.1, 0.15) is 1.43 Å². The maximum absolute atomic E-state index is 7.62. The standard InChI is InChI=1S/C2H6O2.C2H2.Na.H/c3-1-2-4;1-2;;/h3-4H,1-2H2;1-2H;;/q;;+1;-1. The minimum atomic E-state index is -0.125. The van der Waals surface area contributed by atoms with E-state index in [-0.39, 0.29) is 44.2 Å². The van der Waals surface area contributed by atoms with Crippen LogP contribution in [0.4, 0.5) is 0 Å². The van der Waals surface area contributed by atoms with Crippen LogP contribution in [-0.4, -0.2) is 23.4 Å². The van der Waals surface area contributed by atoms with Crippen molar-refractivity contribution in [1.29, 1.82) is 0 Å². The third-order valence-electron chi connectivity index (χ3n) is 0.1000. The Kier molecular flexibility index (Phi) is 70.7. The van der Waals surface area contributed by atoms with Crippen molar-refractivity contribution in [3.8, 4) is 12.8 Å². The van der Waals surface area contributed by atoms with Gasteiger partial charge in [0.15, 0.2) is 0 Å². The van der Waals surface area contributed by atoms with Crippen LogP contribution in [0.3, 0.4) is 0 Å². The van der Waals surface area contributed by atoms with E-state index in [2.05, 4.69) is 12.8 Å². The van der Waals surface area contributed by atoms with Crippen LogP contribution in [-0.2, 0) is 0 Å². The fraction of sp³-hybridized carbons (Fsp3) is 0.500. The van der Waals surface area contributed by atoms with Crippen molar-refractivity contribution in [2.24, 2.45) is 0 Å². The van der Waals surface area contributed by atoms with E-state index < -0.39 is 0 Å². The van der Waals surface area contributed by atoms with Crippen molar-refractivity contribution in [2.45, 2.75) is 0 Å². The molecule has 0 aliphatic heterocycles. The zero-order valence-electron chi connectivity index (χ0n) is 5.46. The first kappa shape index (κ1) is 15.6. The fourth-order valence-corrected chi connectivity index (χ4v) is 0. The SMILES string of the molecule is C#C.OCCO.[H-].[Na+]. The monoisotopic (exact) mass is 112 g/mol. The number of hydrogen-bond donors (Lipinski definition) is 2. The van der Waals surface area contributed by atoms with E-state index >= 15 is 0 Å². The van der Waals surface area contributed by atoms with Gasteiger partial charge in [0.05, 0.1) is 13.2 Å². The predicted molar refractivity (Wildman–Crippen MR) is 25.2 cm³/mol. The number of rotatable bonds is 1. The molecular formula is C4H9NaO2. The second kappa shape index (κ2) is 31.6. The zero-order valence-corrected chi connectivity index (χ0v) is 6.46. The summed E-state index contributed by atoms with van der Waals surface area (Å²) >= 11 is 0. The quantitative estimate of drug-likeness (QED) is 0.271. The number of terminal acetylenes is 1. The maximum Gasteiger partial charge on any atom is 1.00 e. The molecule has 0 aromatic heterocycles. The first-order chi connectivity index (χ1) is 2.91. The van der Waals surface area contributed by atoms with Gasteiger partial charge in [-0.25, -0.2) is 0 Å². The van der Waals surface area contributed by atoms with Gasteiger partial charge in [0.2, 0.25) is 0 Å². The van der Waals surface area contributed by atoms with Gasteiger partial charge in [-0.3, -0.25) is 0 Å². The molecule has 0 spiro atoms. The summed E-state index contributed by atoms with van der Waals surface area (Å²) in [5.41, 5.74) is 0. The van der Waals surface area contributed by atoms with Gasteiger partial charge < -0.3 is 11.6 Å². The fourth-order valence-electron chi connectivity index (χ4n) is 0. The van der Waals surface area contributed by atoms with Gasteiger partial charge >= 0.3 is 29.6 Å². The summed E-state index contributed by atoms with van der Waals surface area (Å²) in [6, 6.07) is 0. The number of hydrogen-bond acceptors (Lipinski definition) is 2. The molecular weight excluding hydrogens is 103 g/mol. The third kappa shape index (κ3) is 59.4. The van der Waals surface area contributed by atoms with Crippen molar-refractivity contribution >= 4 is 0 Å². The molecule has 38 valence electrons. The Bertz CT molecular complexity index is 30.5. The van der Waals surface area contributed by atoms with Gasteiger partial charge in [0, 0.05) is 0 Å². The Hall–Kier alpha value is 0.480.